The predicted molar refractivity (Wildman–Crippen MR) is 64.9 cm³/mol. The number of hydrogen-bond donors (Lipinski definition) is 1. The highest BCUT2D eigenvalue weighted by molar-refractivity contribution is 6.30. The molecule has 0 unspecified atom stereocenters. The second-order valence-corrected chi connectivity index (χ2v) is 4.01. The Hall–Kier alpha value is -0.970. The Morgan fingerprint density at radius 1 is 1.53 bits per heavy atom. The number of nitrogens with one attached hydrogen (secondary N) is 1. The fraction of sp³-hybridized carbons (Fsp3) is 0.417. The minimum absolute atomic E-state index is 0.0441. The van der Waals surface area contributed by atoms with Gasteiger partial charge in [-0.2, -0.15) is 0 Å². The van der Waals surface area contributed by atoms with Gasteiger partial charge in [0.25, 0.3) is 0 Å². The average molecular weight is 260 g/mol. The molecule has 1 aromatic carbocycles. The third-order valence-electron chi connectivity index (χ3n) is 2.22. The van der Waals surface area contributed by atoms with Crippen LogP contribution in [0, 0.1) is 5.82 Å². The fourth-order valence-electron chi connectivity index (χ4n) is 1.36. The summed E-state index contributed by atoms with van der Waals surface area (Å²) in [5, 5.41) is 2.95. The Kier molecular flexibility index (Phi) is 6.11. The summed E-state index contributed by atoms with van der Waals surface area (Å²) >= 11 is 5.62. The van der Waals surface area contributed by atoms with Gasteiger partial charge < -0.3 is 10.1 Å². The molecular formula is C12H15ClFNO2. The first-order valence-electron chi connectivity index (χ1n) is 5.29. The Balaban J connectivity index is 2.43. The molecule has 0 aliphatic carbocycles. The summed E-state index contributed by atoms with van der Waals surface area (Å²) in [6, 6.07) is 4.66. The fourth-order valence-corrected chi connectivity index (χ4v) is 1.56. The van der Waals surface area contributed by atoms with E-state index < -0.39 is 5.82 Å². The lowest BCUT2D eigenvalue weighted by Gasteiger charge is -2.05. The zero-order valence-corrected chi connectivity index (χ0v) is 10.4. The van der Waals surface area contributed by atoms with Gasteiger partial charge in [0.05, 0.1) is 18.2 Å². The number of hydrogen-bond acceptors (Lipinski definition) is 3. The lowest BCUT2D eigenvalue weighted by molar-refractivity contribution is -0.117. The van der Waals surface area contributed by atoms with Crippen LogP contribution in [-0.2, 0) is 16.0 Å². The summed E-state index contributed by atoms with van der Waals surface area (Å²) in [6.45, 7) is 1.34. The zero-order valence-electron chi connectivity index (χ0n) is 9.63. The molecule has 0 heterocycles. The molecule has 94 valence electrons. The minimum atomic E-state index is -0.514. The maximum atomic E-state index is 13.5. The van der Waals surface area contributed by atoms with E-state index in [2.05, 4.69) is 5.32 Å². The van der Waals surface area contributed by atoms with Crippen molar-refractivity contribution in [1.82, 2.24) is 5.32 Å². The standard InChI is InChI=1S/C12H15ClFNO2/c1-17-6-5-15-8-10(16)7-9-3-2-4-11(13)12(9)14/h2-4,15H,5-8H2,1H3. The van der Waals surface area contributed by atoms with E-state index >= 15 is 0 Å². The molecule has 3 nitrogen and oxygen atoms in total. The molecule has 0 aliphatic heterocycles. The molecule has 0 aromatic heterocycles. The van der Waals surface area contributed by atoms with Gasteiger partial charge in [-0.05, 0) is 11.6 Å². The number of ether oxygens (including phenoxy) is 1. The van der Waals surface area contributed by atoms with Crippen LogP contribution in [0.3, 0.4) is 0 Å². The molecule has 17 heavy (non-hydrogen) atoms. The van der Waals surface area contributed by atoms with Crippen LogP contribution in [0.15, 0.2) is 18.2 Å². The smallest absolute Gasteiger partial charge is 0.151 e. The van der Waals surface area contributed by atoms with Crippen molar-refractivity contribution in [2.75, 3.05) is 26.8 Å². The van der Waals surface area contributed by atoms with Gasteiger partial charge >= 0.3 is 0 Å². The van der Waals surface area contributed by atoms with Crippen molar-refractivity contribution in [3.05, 3.63) is 34.6 Å². The number of halogens is 2. The summed E-state index contributed by atoms with van der Waals surface area (Å²) in [5.74, 6) is -0.596. The van der Waals surface area contributed by atoms with E-state index in [1.54, 1.807) is 19.2 Å². The lowest BCUT2D eigenvalue weighted by Crippen LogP contribution is -2.27. The van der Waals surface area contributed by atoms with E-state index in [1.807, 2.05) is 0 Å². The number of ketones is 1. The number of carbonyl (C=O) groups is 1. The van der Waals surface area contributed by atoms with E-state index in [9.17, 15) is 9.18 Å². The van der Waals surface area contributed by atoms with Crippen molar-refractivity contribution in [3.63, 3.8) is 0 Å². The van der Waals surface area contributed by atoms with E-state index in [0.717, 1.165) is 0 Å². The van der Waals surface area contributed by atoms with Crippen LogP contribution in [0.1, 0.15) is 5.56 Å². The first kappa shape index (κ1) is 14.1. The summed E-state index contributed by atoms with van der Waals surface area (Å²) in [5.41, 5.74) is 0.330. The van der Waals surface area contributed by atoms with Crippen LogP contribution < -0.4 is 5.32 Å². The number of rotatable bonds is 7. The first-order valence-corrected chi connectivity index (χ1v) is 5.67. The number of Topliss-reactive ketones (excluding diaryl/α,β-unsaturated/α-hetero) is 1. The molecule has 1 N–H and O–H groups in total. The van der Waals surface area contributed by atoms with Crippen molar-refractivity contribution in [2.45, 2.75) is 6.42 Å². The molecule has 1 aromatic rings. The number of methoxy groups -OCH3 is 1. The zero-order chi connectivity index (χ0) is 12.7. The van der Waals surface area contributed by atoms with Gasteiger partial charge in [-0.1, -0.05) is 23.7 Å². The van der Waals surface area contributed by atoms with Gasteiger partial charge in [-0.15, -0.1) is 0 Å². The third kappa shape index (κ3) is 4.81. The van der Waals surface area contributed by atoms with Gasteiger partial charge in [0.2, 0.25) is 0 Å². The molecule has 0 atom stereocenters. The van der Waals surface area contributed by atoms with Crippen molar-refractivity contribution in [2.24, 2.45) is 0 Å². The highest BCUT2D eigenvalue weighted by Gasteiger charge is 2.10. The highest BCUT2D eigenvalue weighted by atomic mass is 35.5. The Bertz CT molecular complexity index is 385. The molecule has 0 aliphatic rings. The van der Waals surface area contributed by atoms with Crippen LogP contribution in [0.4, 0.5) is 4.39 Å². The molecule has 5 heteroatoms. The molecular weight excluding hydrogens is 245 g/mol. The number of benzene rings is 1. The lowest BCUT2D eigenvalue weighted by atomic mass is 10.1. The van der Waals surface area contributed by atoms with Crippen LogP contribution in [0.25, 0.3) is 0 Å². The van der Waals surface area contributed by atoms with Gasteiger partial charge in [-0.3, -0.25) is 4.79 Å². The van der Waals surface area contributed by atoms with Gasteiger partial charge in [-0.25, -0.2) is 4.39 Å². The van der Waals surface area contributed by atoms with E-state index in [0.29, 0.717) is 18.7 Å². The summed E-state index contributed by atoms with van der Waals surface area (Å²) in [7, 11) is 1.59. The predicted octanol–water partition coefficient (Wildman–Crippen LogP) is 1.83. The molecule has 0 radical (unpaired) electrons. The maximum absolute atomic E-state index is 13.5. The second kappa shape index (κ2) is 7.37. The van der Waals surface area contributed by atoms with E-state index in [-0.39, 0.29) is 23.8 Å². The Morgan fingerprint density at radius 3 is 3.00 bits per heavy atom. The van der Waals surface area contributed by atoms with E-state index in [1.165, 1.54) is 6.07 Å². The minimum Gasteiger partial charge on any atom is -0.383 e. The topological polar surface area (TPSA) is 38.3 Å². The molecule has 0 amide bonds. The largest absolute Gasteiger partial charge is 0.383 e. The van der Waals surface area contributed by atoms with Crippen LogP contribution in [0.5, 0.6) is 0 Å². The van der Waals surface area contributed by atoms with E-state index in [4.69, 9.17) is 16.3 Å². The molecule has 0 saturated heterocycles. The highest BCUT2D eigenvalue weighted by Crippen LogP contribution is 2.18. The van der Waals surface area contributed by atoms with Crippen LogP contribution in [-0.4, -0.2) is 32.6 Å². The quantitative estimate of drug-likeness (QED) is 0.760. The molecule has 0 bridgehead atoms. The monoisotopic (exact) mass is 259 g/mol. The van der Waals surface area contributed by atoms with Gasteiger partial charge in [0, 0.05) is 20.1 Å². The van der Waals surface area contributed by atoms with Crippen molar-refractivity contribution in [1.29, 1.82) is 0 Å². The normalized spacial score (nSPS) is 10.5. The Labute approximate surface area is 105 Å². The van der Waals surface area contributed by atoms with Crippen molar-refractivity contribution >= 4 is 17.4 Å². The van der Waals surface area contributed by atoms with Crippen LogP contribution >= 0.6 is 11.6 Å². The van der Waals surface area contributed by atoms with Gasteiger partial charge in [0.15, 0.2) is 5.78 Å². The second-order valence-electron chi connectivity index (χ2n) is 3.60. The van der Waals surface area contributed by atoms with Crippen molar-refractivity contribution < 1.29 is 13.9 Å². The first-order chi connectivity index (χ1) is 8.15. The van der Waals surface area contributed by atoms with Crippen molar-refractivity contribution in [3.8, 4) is 0 Å². The summed E-state index contributed by atoms with van der Waals surface area (Å²) in [6.07, 6.45) is 0.0480. The summed E-state index contributed by atoms with van der Waals surface area (Å²) in [4.78, 5) is 11.5. The molecule has 0 fully saturated rings. The van der Waals surface area contributed by atoms with Crippen LogP contribution in [0.2, 0.25) is 5.02 Å². The van der Waals surface area contributed by atoms with Gasteiger partial charge in [0.1, 0.15) is 5.82 Å². The average Bonchev–Trinajstić information content (AvgIpc) is 2.31. The maximum Gasteiger partial charge on any atom is 0.151 e. The Morgan fingerprint density at radius 2 is 2.29 bits per heavy atom. The third-order valence-corrected chi connectivity index (χ3v) is 2.52. The molecule has 0 spiro atoms. The summed E-state index contributed by atoms with van der Waals surface area (Å²) < 4.78 is 18.3. The SMILES string of the molecule is COCCNCC(=O)Cc1cccc(Cl)c1F. The molecule has 0 saturated carbocycles. The molecule has 1 rings (SSSR count). The number of carbonyl (C=O) groups excluding carboxylic acids is 1.